The van der Waals surface area contributed by atoms with E-state index < -0.39 is 0 Å². The van der Waals surface area contributed by atoms with Crippen LogP contribution in [0.15, 0.2) is 67.5 Å². The minimum Gasteiger partial charge on any atom is -0.217 e. The van der Waals surface area contributed by atoms with Gasteiger partial charge in [0.15, 0.2) is 11.6 Å². The van der Waals surface area contributed by atoms with Crippen molar-refractivity contribution in [2.75, 3.05) is 0 Å². The van der Waals surface area contributed by atoms with Crippen LogP contribution in [0.5, 0.6) is 0 Å². The van der Waals surface area contributed by atoms with Crippen LogP contribution in [-0.4, -0.2) is 15.0 Å². The van der Waals surface area contributed by atoms with Crippen LogP contribution >= 0.6 is 0 Å². The third-order valence-corrected chi connectivity index (χ3v) is 2.58. The number of hydrogen-bond acceptors (Lipinski definition) is 3. The van der Waals surface area contributed by atoms with Gasteiger partial charge < -0.3 is 0 Å². The van der Waals surface area contributed by atoms with Gasteiger partial charge in [-0.1, -0.05) is 61.2 Å². The van der Waals surface area contributed by atoms with E-state index in [4.69, 9.17) is 0 Å². The lowest BCUT2D eigenvalue weighted by molar-refractivity contribution is 1.03. The van der Waals surface area contributed by atoms with E-state index in [1.807, 2.05) is 55.5 Å². The molecule has 94 valence electrons. The Bertz CT molecular complexity index is 613. The monoisotopic (exact) mass is 249 g/mol. The number of aromatic nitrogens is 3. The fraction of sp³-hybridized carbons (Fsp3) is 0.0625. The molecule has 0 aliphatic rings. The van der Waals surface area contributed by atoms with E-state index in [-0.39, 0.29) is 0 Å². The van der Waals surface area contributed by atoms with Crippen LogP contribution in [-0.2, 0) is 0 Å². The van der Waals surface area contributed by atoms with E-state index in [9.17, 15) is 0 Å². The van der Waals surface area contributed by atoms with Crippen LogP contribution in [0, 0.1) is 0 Å². The minimum atomic E-state index is 0.662. The SMILES string of the molecule is C=C/C=C\C(=C/C)c1ncnc(-c2ccccc2)n1. The molecule has 0 N–H and O–H groups in total. The fourth-order valence-electron chi connectivity index (χ4n) is 1.63. The molecule has 2 rings (SSSR count). The van der Waals surface area contributed by atoms with Crippen molar-refractivity contribution in [3.05, 3.63) is 73.4 Å². The standard InChI is InChI=1S/C16H15N3/c1-3-5-9-13(4-2)15-17-12-18-16(19-15)14-10-7-6-8-11-14/h3-12H,1H2,2H3/b9-5-,13-4+. The quantitative estimate of drug-likeness (QED) is 0.776. The summed E-state index contributed by atoms with van der Waals surface area (Å²) in [6, 6.07) is 9.86. The molecule has 19 heavy (non-hydrogen) atoms. The number of hydrogen-bond donors (Lipinski definition) is 0. The van der Waals surface area contributed by atoms with Gasteiger partial charge in [0.25, 0.3) is 0 Å². The molecule has 3 nitrogen and oxygen atoms in total. The molecule has 0 spiro atoms. The summed E-state index contributed by atoms with van der Waals surface area (Å²) in [7, 11) is 0. The number of allylic oxidation sites excluding steroid dienone is 5. The Morgan fingerprint density at radius 1 is 1.16 bits per heavy atom. The van der Waals surface area contributed by atoms with Crippen molar-refractivity contribution in [2.45, 2.75) is 6.92 Å². The Morgan fingerprint density at radius 2 is 1.95 bits per heavy atom. The molecule has 0 saturated heterocycles. The Kier molecular flexibility index (Phi) is 4.34. The van der Waals surface area contributed by atoms with Crippen molar-refractivity contribution < 1.29 is 0 Å². The Balaban J connectivity index is 2.39. The molecule has 0 bridgehead atoms. The molecule has 0 saturated carbocycles. The van der Waals surface area contributed by atoms with Gasteiger partial charge in [-0.25, -0.2) is 15.0 Å². The second-order valence-electron chi connectivity index (χ2n) is 3.84. The number of rotatable bonds is 4. The van der Waals surface area contributed by atoms with Gasteiger partial charge in [0.1, 0.15) is 6.33 Å². The van der Waals surface area contributed by atoms with E-state index in [2.05, 4.69) is 21.5 Å². The van der Waals surface area contributed by atoms with Gasteiger partial charge in [-0.2, -0.15) is 0 Å². The van der Waals surface area contributed by atoms with Crippen LogP contribution in [0.1, 0.15) is 12.7 Å². The molecule has 0 aliphatic carbocycles. The van der Waals surface area contributed by atoms with Crippen molar-refractivity contribution in [1.82, 2.24) is 15.0 Å². The van der Waals surface area contributed by atoms with Crippen LogP contribution in [0.3, 0.4) is 0 Å². The molecule has 0 amide bonds. The summed E-state index contributed by atoms with van der Waals surface area (Å²) in [5, 5.41) is 0. The van der Waals surface area contributed by atoms with Crippen molar-refractivity contribution in [3.8, 4) is 11.4 Å². The average molecular weight is 249 g/mol. The fourth-order valence-corrected chi connectivity index (χ4v) is 1.63. The Morgan fingerprint density at radius 3 is 2.63 bits per heavy atom. The molecule has 0 fully saturated rings. The van der Waals surface area contributed by atoms with Gasteiger partial charge in [-0.15, -0.1) is 0 Å². The number of nitrogens with zero attached hydrogens (tertiary/aromatic N) is 3. The lowest BCUT2D eigenvalue weighted by Gasteiger charge is -2.03. The first-order valence-electron chi connectivity index (χ1n) is 6.05. The summed E-state index contributed by atoms with van der Waals surface area (Å²) in [5.74, 6) is 1.34. The Labute approximate surface area is 113 Å². The molecular weight excluding hydrogens is 234 g/mol. The third kappa shape index (κ3) is 3.22. The average Bonchev–Trinajstić information content (AvgIpc) is 2.49. The zero-order valence-corrected chi connectivity index (χ0v) is 10.8. The minimum absolute atomic E-state index is 0.662. The van der Waals surface area contributed by atoms with E-state index in [1.54, 1.807) is 6.08 Å². The third-order valence-electron chi connectivity index (χ3n) is 2.58. The molecule has 0 atom stereocenters. The van der Waals surface area contributed by atoms with E-state index >= 15 is 0 Å². The molecule has 0 unspecified atom stereocenters. The molecule has 2 aromatic rings. The highest BCUT2D eigenvalue weighted by molar-refractivity contribution is 5.70. The summed E-state index contributed by atoms with van der Waals surface area (Å²) < 4.78 is 0. The lowest BCUT2D eigenvalue weighted by atomic mass is 10.2. The van der Waals surface area contributed by atoms with E-state index in [0.717, 1.165) is 11.1 Å². The maximum absolute atomic E-state index is 4.49. The summed E-state index contributed by atoms with van der Waals surface area (Å²) in [6.45, 7) is 5.61. The summed E-state index contributed by atoms with van der Waals surface area (Å²) in [5.41, 5.74) is 1.92. The molecule has 1 aromatic carbocycles. The highest BCUT2D eigenvalue weighted by Crippen LogP contribution is 2.16. The predicted molar refractivity (Wildman–Crippen MR) is 78.3 cm³/mol. The normalized spacial score (nSPS) is 11.7. The zero-order valence-electron chi connectivity index (χ0n) is 10.8. The summed E-state index contributed by atoms with van der Waals surface area (Å²) in [4.78, 5) is 12.9. The van der Waals surface area contributed by atoms with Gasteiger partial charge >= 0.3 is 0 Å². The van der Waals surface area contributed by atoms with Gasteiger partial charge in [0, 0.05) is 11.1 Å². The molecule has 1 aromatic heterocycles. The molecular formula is C16H15N3. The van der Waals surface area contributed by atoms with Crippen molar-refractivity contribution in [1.29, 1.82) is 0 Å². The van der Waals surface area contributed by atoms with Crippen molar-refractivity contribution in [2.24, 2.45) is 0 Å². The van der Waals surface area contributed by atoms with Crippen molar-refractivity contribution >= 4 is 5.57 Å². The second-order valence-corrected chi connectivity index (χ2v) is 3.84. The molecule has 0 radical (unpaired) electrons. The zero-order chi connectivity index (χ0) is 13.5. The van der Waals surface area contributed by atoms with E-state index in [1.165, 1.54) is 6.33 Å². The second kappa shape index (κ2) is 6.40. The van der Waals surface area contributed by atoms with Gasteiger partial charge in [-0.3, -0.25) is 0 Å². The van der Waals surface area contributed by atoms with Crippen LogP contribution in [0.2, 0.25) is 0 Å². The highest BCUT2D eigenvalue weighted by atomic mass is 15.0. The molecule has 0 aliphatic heterocycles. The van der Waals surface area contributed by atoms with Gasteiger partial charge in [-0.05, 0) is 6.92 Å². The maximum atomic E-state index is 4.49. The van der Waals surface area contributed by atoms with Gasteiger partial charge in [0.2, 0.25) is 0 Å². The number of benzene rings is 1. The topological polar surface area (TPSA) is 38.7 Å². The predicted octanol–water partition coefficient (Wildman–Crippen LogP) is 3.68. The molecule has 1 heterocycles. The lowest BCUT2D eigenvalue weighted by Crippen LogP contribution is -1.97. The first-order valence-corrected chi connectivity index (χ1v) is 6.05. The smallest absolute Gasteiger partial charge is 0.163 e. The Hall–Kier alpha value is -2.55. The summed E-state index contributed by atoms with van der Waals surface area (Å²) in [6.07, 6.45) is 9.02. The first-order chi connectivity index (χ1) is 9.35. The van der Waals surface area contributed by atoms with Crippen molar-refractivity contribution in [3.63, 3.8) is 0 Å². The van der Waals surface area contributed by atoms with Crippen LogP contribution < -0.4 is 0 Å². The van der Waals surface area contributed by atoms with E-state index in [0.29, 0.717) is 11.6 Å². The van der Waals surface area contributed by atoms with Crippen LogP contribution in [0.25, 0.3) is 17.0 Å². The summed E-state index contributed by atoms with van der Waals surface area (Å²) >= 11 is 0. The maximum Gasteiger partial charge on any atom is 0.163 e. The molecule has 3 heteroatoms. The van der Waals surface area contributed by atoms with Crippen LogP contribution in [0.4, 0.5) is 0 Å². The first kappa shape index (κ1) is 12.9. The van der Waals surface area contributed by atoms with Gasteiger partial charge in [0.05, 0.1) is 0 Å². The highest BCUT2D eigenvalue weighted by Gasteiger charge is 2.05. The largest absolute Gasteiger partial charge is 0.217 e.